The average molecular weight is 296 g/mol. The summed E-state index contributed by atoms with van der Waals surface area (Å²) in [6.45, 7) is 2.73. The molecule has 0 spiro atoms. The van der Waals surface area contributed by atoms with Crippen LogP contribution in [0.3, 0.4) is 0 Å². The average Bonchev–Trinajstić information content (AvgIpc) is 2.96. The highest BCUT2D eigenvalue weighted by Gasteiger charge is 2.21. The second-order valence-electron chi connectivity index (χ2n) is 5.83. The Morgan fingerprint density at radius 1 is 1.25 bits per heavy atom. The van der Waals surface area contributed by atoms with Crippen molar-refractivity contribution < 1.29 is 4.74 Å². The van der Waals surface area contributed by atoms with Gasteiger partial charge in [-0.1, -0.05) is 49.4 Å². The van der Waals surface area contributed by atoms with Gasteiger partial charge in [0.2, 0.25) is 0 Å². The third kappa shape index (κ3) is 5.08. The summed E-state index contributed by atoms with van der Waals surface area (Å²) < 4.78 is 5.10. The molecule has 1 N–H and O–H groups in total. The minimum Gasteiger partial charge on any atom is -0.383 e. The molecule has 1 aliphatic rings. The quantitative estimate of drug-likeness (QED) is 0.724. The number of hydrogen-bond donors (Lipinski definition) is 1. The van der Waals surface area contributed by atoms with E-state index in [9.17, 15) is 0 Å². The fraction of sp³-hybridized carbons (Fsp3) is 0.647. The molecule has 0 radical (unpaired) electrons. The van der Waals surface area contributed by atoms with Gasteiger partial charge in [0, 0.05) is 25.2 Å². The van der Waals surface area contributed by atoms with Crippen LogP contribution in [0.5, 0.6) is 0 Å². The standard InChI is InChI=1S/C17H26ClNO/c1-20-11-10-19-13-16(12-14-4-2-3-5-14)15-6-8-17(18)9-7-15/h6-9,14,16,19H,2-5,10-13H2,1H3. The minimum atomic E-state index is 0.590. The molecule has 0 bridgehead atoms. The van der Waals surface area contributed by atoms with Crippen molar-refractivity contribution in [1.82, 2.24) is 5.32 Å². The molecule has 2 rings (SSSR count). The molecular weight excluding hydrogens is 270 g/mol. The predicted molar refractivity (Wildman–Crippen MR) is 85.5 cm³/mol. The van der Waals surface area contributed by atoms with Crippen molar-refractivity contribution in [3.63, 3.8) is 0 Å². The summed E-state index contributed by atoms with van der Waals surface area (Å²) in [6.07, 6.45) is 6.93. The van der Waals surface area contributed by atoms with Crippen LogP contribution in [0, 0.1) is 5.92 Å². The third-order valence-electron chi connectivity index (χ3n) is 4.31. The van der Waals surface area contributed by atoms with Crippen LogP contribution >= 0.6 is 11.6 Å². The van der Waals surface area contributed by atoms with Gasteiger partial charge in [-0.3, -0.25) is 0 Å². The molecule has 1 aliphatic carbocycles. The van der Waals surface area contributed by atoms with Gasteiger partial charge in [0.15, 0.2) is 0 Å². The van der Waals surface area contributed by atoms with E-state index in [0.717, 1.165) is 30.6 Å². The molecule has 20 heavy (non-hydrogen) atoms. The first kappa shape index (κ1) is 15.8. The summed E-state index contributed by atoms with van der Waals surface area (Å²) in [5.41, 5.74) is 1.41. The van der Waals surface area contributed by atoms with Gasteiger partial charge < -0.3 is 10.1 Å². The van der Waals surface area contributed by atoms with Gasteiger partial charge >= 0.3 is 0 Å². The van der Waals surface area contributed by atoms with Crippen molar-refractivity contribution in [2.24, 2.45) is 5.92 Å². The number of hydrogen-bond acceptors (Lipinski definition) is 2. The maximum Gasteiger partial charge on any atom is 0.0587 e. The number of nitrogens with one attached hydrogen (secondary N) is 1. The number of rotatable bonds is 8. The molecule has 1 fully saturated rings. The van der Waals surface area contributed by atoms with Gasteiger partial charge in [0.1, 0.15) is 0 Å². The van der Waals surface area contributed by atoms with E-state index in [1.165, 1.54) is 37.7 Å². The molecule has 1 aromatic carbocycles. The van der Waals surface area contributed by atoms with Crippen molar-refractivity contribution in [2.45, 2.75) is 38.0 Å². The normalized spacial score (nSPS) is 17.5. The molecule has 1 aromatic rings. The summed E-state index contributed by atoms with van der Waals surface area (Å²) in [5, 5.41) is 4.34. The van der Waals surface area contributed by atoms with E-state index in [1.807, 2.05) is 12.1 Å². The molecule has 1 unspecified atom stereocenters. The third-order valence-corrected chi connectivity index (χ3v) is 4.56. The zero-order valence-electron chi connectivity index (χ0n) is 12.4. The lowest BCUT2D eigenvalue weighted by Crippen LogP contribution is -2.26. The Morgan fingerprint density at radius 3 is 2.60 bits per heavy atom. The maximum absolute atomic E-state index is 6.00. The highest BCUT2D eigenvalue weighted by atomic mass is 35.5. The summed E-state index contributed by atoms with van der Waals surface area (Å²) in [4.78, 5) is 0. The fourth-order valence-electron chi connectivity index (χ4n) is 3.17. The van der Waals surface area contributed by atoms with E-state index in [0.29, 0.717) is 5.92 Å². The minimum absolute atomic E-state index is 0.590. The van der Waals surface area contributed by atoms with Crippen LogP contribution in [-0.4, -0.2) is 26.8 Å². The second-order valence-corrected chi connectivity index (χ2v) is 6.27. The Kier molecular flexibility index (Phi) is 6.85. The lowest BCUT2D eigenvalue weighted by atomic mass is 9.88. The molecule has 1 saturated carbocycles. The zero-order chi connectivity index (χ0) is 14.2. The van der Waals surface area contributed by atoms with Crippen LogP contribution in [-0.2, 0) is 4.74 Å². The zero-order valence-corrected chi connectivity index (χ0v) is 13.2. The summed E-state index contributed by atoms with van der Waals surface area (Å²) in [5.74, 6) is 1.49. The van der Waals surface area contributed by atoms with Crippen LogP contribution in [0.15, 0.2) is 24.3 Å². The van der Waals surface area contributed by atoms with E-state index in [-0.39, 0.29) is 0 Å². The number of ether oxygens (including phenoxy) is 1. The van der Waals surface area contributed by atoms with Crippen LogP contribution in [0.1, 0.15) is 43.6 Å². The van der Waals surface area contributed by atoms with Gasteiger partial charge in [0.25, 0.3) is 0 Å². The summed E-state index contributed by atoms with van der Waals surface area (Å²) in [6, 6.07) is 8.38. The fourth-order valence-corrected chi connectivity index (χ4v) is 3.30. The van der Waals surface area contributed by atoms with Crippen molar-refractivity contribution in [2.75, 3.05) is 26.8 Å². The van der Waals surface area contributed by atoms with E-state index >= 15 is 0 Å². The van der Waals surface area contributed by atoms with Gasteiger partial charge in [-0.15, -0.1) is 0 Å². The van der Waals surface area contributed by atoms with Crippen molar-refractivity contribution in [1.29, 1.82) is 0 Å². The van der Waals surface area contributed by atoms with Crippen LogP contribution in [0.25, 0.3) is 0 Å². The molecule has 1 atom stereocenters. The summed E-state index contributed by atoms with van der Waals surface area (Å²) in [7, 11) is 1.75. The smallest absolute Gasteiger partial charge is 0.0587 e. The Balaban J connectivity index is 1.92. The van der Waals surface area contributed by atoms with Crippen LogP contribution in [0.4, 0.5) is 0 Å². The molecular formula is C17H26ClNO. The Bertz CT molecular complexity index is 373. The van der Waals surface area contributed by atoms with Gasteiger partial charge in [-0.25, -0.2) is 0 Å². The molecule has 2 nitrogen and oxygen atoms in total. The first-order valence-corrected chi connectivity index (χ1v) is 8.12. The van der Waals surface area contributed by atoms with E-state index in [4.69, 9.17) is 16.3 Å². The van der Waals surface area contributed by atoms with E-state index < -0.39 is 0 Å². The molecule has 0 aromatic heterocycles. The molecule has 0 amide bonds. The largest absolute Gasteiger partial charge is 0.383 e. The number of benzene rings is 1. The van der Waals surface area contributed by atoms with Gasteiger partial charge in [-0.2, -0.15) is 0 Å². The molecule has 112 valence electrons. The summed E-state index contributed by atoms with van der Waals surface area (Å²) >= 11 is 6.00. The molecule has 0 heterocycles. The Morgan fingerprint density at radius 2 is 1.95 bits per heavy atom. The predicted octanol–water partition coefficient (Wildman–Crippen LogP) is 4.24. The van der Waals surface area contributed by atoms with Crippen molar-refractivity contribution in [3.8, 4) is 0 Å². The monoisotopic (exact) mass is 295 g/mol. The van der Waals surface area contributed by atoms with E-state index in [2.05, 4.69) is 17.4 Å². The van der Waals surface area contributed by atoms with Crippen molar-refractivity contribution >= 4 is 11.6 Å². The van der Waals surface area contributed by atoms with Crippen LogP contribution < -0.4 is 5.32 Å². The lowest BCUT2D eigenvalue weighted by Gasteiger charge is -2.22. The Labute approximate surface area is 127 Å². The second kappa shape index (κ2) is 8.66. The molecule has 0 aliphatic heterocycles. The SMILES string of the molecule is COCCNCC(CC1CCCC1)c1ccc(Cl)cc1. The first-order valence-electron chi connectivity index (χ1n) is 7.74. The highest BCUT2D eigenvalue weighted by Crippen LogP contribution is 2.34. The lowest BCUT2D eigenvalue weighted by molar-refractivity contribution is 0.198. The molecule has 3 heteroatoms. The first-order chi connectivity index (χ1) is 9.79. The number of methoxy groups -OCH3 is 1. The van der Waals surface area contributed by atoms with Gasteiger partial charge in [-0.05, 0) is 36.0 Å². The number of halogens is 1. The maximum atomic E-state index is 6.00. The topological polar surface area (TPSA) is 21.3 Å². The van der Waals surface area contributed by atoms with Crippen molar-refractivity contribution in [3.05, 3.63) is 34.9 Å². The van der Waals surface area contributed by atoms with Gasteiger partial charge in [0.05, 0.1) is 6.61 Å². The van der Waals surface area contributed by atoms with E-state index in [1.54, 1.807) is 7.11 Å². The molecule has 0 saturated heterocycles. The highest BCUT2D eigenvalue weighted by molar-refractivity contribution is 6.30. The Hall–Kier alpha value is -0.570. The van der Waals surface area contributed by atoms with Crippen LogP contribution in [0.2, 0.25) is 5.02 Å².